The fourth-order valence-corrected chi connectivity index (χ4v) is 5.37. The molecule has 5 rings (SSSR count). The zero-order chi connectivity index (χ0) is 27.6. The smallest absolute Gasteiger partial charge is 0.406 e. The molecule has 39 heavy (non-hydrogen) atoms. The summed E-state index contributed by atoms with van der Waals surface area (Å²) in [7, 11) is 0. The molecule has 200 valence electrons. The van der Waals surface area contributed by atoms with Crippen molar-refractivity contribution in [2.75, 3.05) is 17.2 Å². The van der Waals surface area contributed by atoms with E-state index in [0.29, 0.717) is 11.5 Å². The van der Waals surface area contributed by atoms with Crippen LogP contribution in [-0.2, 0) is 0 Å². The topological polar surface area (TPSA) is 67.9 Å². The van der Waals surface area contributed by atoms with Gasteiger partial charge in [-0.2, -0.15) is 5.10 Å². The zero-order valence-corrected chi connectivity index (χ0v) is 22.3. The zero-order valence-electron chi connectivity index (χ0n) is 21.5. The van der Waals surface area contributed by atoms with Crippen LogP contribution in [-0.4, -0.2) is 44.8 Å². The number of ether oxygens (including phenoxy) is 1. The summed E-state index contributed by atoms with van der Waals surface area (Å²) in [5.74, 6) is 1.14. The minimum atomic E-state index is -4.73. The highest BCUT2D eigenvalue weighted by atomic mass is 32.2. The molecule has 11 heteroatoms. The molecule has 0 aliphatic carbocycles. The third kappa shape index (κ3) is 6.31. The molecule has 1 fully saturated rings. The molecular weight excluding hydrogens is 525 g/mol. The molecule has 0 amide bonds. The standard InChI is InChI=1S/C28H25F3N6OS/c1-18-14-19(2)25(20(3)15-18)36-12-13-39-27(36)34-33-16-21-4-6-22(7-5-21)26-32-17-37(35-26)23-8-10-24(11-9-23)38-28(29,30)31/h4-11,14-17H,12-13H2,1-3H3. The van der Waals surface area contributed by atoms with Crippen molar-refractivity contribution in [2.45, 2.75) is 27.1 Å². The summed E-state index contributed by atoms with van der Waals surface area (Å²) in [5.41, 5.74) is 7.12. The second-order valence-corrected chi connectivity index (χ2v) is 10.1. The molecule has 0 bridgehead atoms. The molecule has 0 N–H and O–H groups in total. The third-order valence-electron chi connectivity index (χ3n) is 6.03. The van der Waals surface area contributed by atoms with E-state index in [1.165, 1.54) is 57.7 Å². The Hall–Kier alpha value is -4.12. The summed E-state index contributed by atoms with van der Waals surface area (Å²) in [6.07, 6.45) is -1.52. The van der Waals surface area contributed by atoms with Crippen molar-refractivity contribution in [3.63, 3.8) is 0 Å². The van der Waals surface area contributed by atoms with Gasteiger partial charge in [-0.05, 0) is 61.7 Å². The van der Waals surface area contributed by atoms with Crippen molar-refractivity contribution in [3.05, 3.63) is 89.2 Å². The average molecular weight is 551 g/mol. The Kier molecular flexibility index (Phi) is 7.42. The van der Waals surface area contributed by atoms with Crippen molar-refractivity contribution < 1.29 is 17.9 Å². The highest BCUT2D eigenvalue weighted by molar-refractivity contribution is 8.14. The van der Waals surface area contributed by atoms with Crippen LogP contribution in [0.4, 0.5) is 18.9 Å². The lowest BCUT2D eigenvalue weighted by atomic mass is 10.0. The van der Waals surface area contributed by atoms with Gasteiger partial charge in [0, 0.05) is 23.5 Å². The van der Waals surface area contributed by atoms with E-state index in [9.17, 15) is 13.2 Å². The molecule has 0 saturated carbocycles. The second-order valence-electron chi connectivity index (χ2n) is 9.05. The van der Waals surface area contributed by atoms with Crippen LogP contribution < -0.4 is 9.64 Å². The number of aryl methyl sites for hydroxylation is 3. The van der Waals surface area contributed by atoms with Gasteiger partial charge < -0.3 is 9.64 Å². The molecule has 0 unspecified atom stereocenters. The number of amidine groups is 1. The highest BCUT2D eigenvalue weighted by Gasteiger charge is 2.31. The molecule has 3 aromatic carbocycles. The molecule has 1 aliphatic rings. The fraction of sp³-hybridized carbons (Fsp3) is 0.214. The number of anilines is 1. The number of alkyl halides is 3. The maximum absolute atomic E-state index is 12.4. The molecule has 1 aromatic heterocycles. The van der Waals surface area contributed by atoms with Crippen LogP contribution in [0.15, 0.2) is 77.2 Å². The molecule has 0 radical (unpaired) electrons. The summed E-state index contributed by atoms with van der Waals surface area (Å²) in [5, 5.41) is 14.2. The van der Waals surface area contributed by atoms with Crippen LogP contribution in [0.25, 0.3) is 17.1 Å². The first-order valence-corrected chi connectivity index (χ1v) is 13.1. The molecule has 2 heterocycles. The number of hydrogen-bond acceptors (Lipinski definition) is 6. The van der Waals surface area contributed by atoms with Gasteiger partial charge in [0.2, 0.25) is 0 Å². The minimum Gasteiger partial charge on any atom is -0.406 e. The Morgan fingerprint density at radius 2 is 1.67 bits per heavy atom. The summed E-state index contributed by atoms with van der Waals surface area (Å²) in [6.45, 7) is 7.25. The number of rotatable bonds is 6. The van der Waals surface area contributed by atoms with Gasteiger partial charge >= 0.3 is 6.36 Å². The first-order valence-electron chi connectivity index (χ1n) is 12.1. The number of hydrogen-bond donors (Lipinski definition) is 0. The van der Waals surface area contributed by atoms with Gasteiger partial charge in [0.15, 0.2) is 11.0 Å². The maximum Gasteiger partial charge on any atom is 0.573 e. The van der Waals surface area contributed by atoms with Crippen molar-refractivity contribution >= 4 is 28.8 Å². The SMILES string of the molecule is Cc1cc(C)c(N2CCSC2=NN=Cc2ccc(-c3ncn(-c4ccc(OC(F)(F)F)cc4)n3)cc2)c(C)c1. The summed E-state index contributed by atoms with van der Waals surface area (Å²) >= 11 is 1.69. The first-order chi connectivity index (χ1) is 18.7. The Bertz CT molecular complexity index is 1510. The lowest BCUT2D eigenvalue weighted by molar-refractivity contribution is -0.274. The quantitative estimate of drug-likeness (QED) is 0.197. The van der Waals surface area contributed by atoms with Crippen molar-refractivity contribution in [1.82, 2.24) is 14.8 Å². The van der Waals surface area contributed by atoms with Crippen LogP contribution in [0.1, 0.15) is 22.3 Å². The van der Waals surface area contributed by atoms with E-state index in [2.05, 4.69) is 62.8 Å². The Labute approximate surface area is 228 Å². The molecule has 0 atom stereocenters. The molecule has 1 saturated heterocycles. The van der Waals surface area contributed by atoms with E-state index in [4.69, 9.17) is 0 Å². The van der Waals surface area contributed by atoms with Gasteiger partial charge in [-0.15, -0.1) is 23.4 Å². The number of nitrogens with zero attached hydrogens (tertiary/aromatic N) is 6. The molecule has 4 aromatic rings. The van der Waals surface area contributed by atoms with E-state index in [1.54, 1.807) is 18.0 Å². The normalized spacial score (nSPS) is 15.0. The van der Waals surface area contributed by atoms with Gasteiger partial charge in [0.1, 0.15) is 12.1 Å². The Morgan fingerprint density at radius 3 is 2.33 bits per heavy atom. The van der Waals surface area contributed by atoms with Gasteiger partial charge in [0.25, 0.3) is 0 Å². The van der Waals surface area contributed by atoms with Gasteiger partial charge in [-0.3, -0.25) is 0 Å². The number of benzene rings is 3. The second kappa shape index (κ2) is 10.9. The van der Waals surface area contributed by atoms with Crippen molar-refractivity contribution in [3.8, 4) is 22.8 Å². The molecule has 7 nitrogen and oxygen atoms in total. The number of thioether (sulfide) groups is 1. The Morgan fingerprint density at radius 1 is 0.974 bits per heavy atom. The lowest BCUT2D eigenvalue weighted by Gasteiger charge is -2.22. The number of aromatic nitrogens is 3. The van der Waals surface area contributed by atoms with E-state index in [-0.39, 0.29) is 5.75 Å². The van der Waals surface area contributed by atoms with Crippen LogP contribution in [0.2, 0.25) is 0 Å². The van der Waals surface area contributed by atoms with Crippen LogP contribution in [0, 0.1) is 20.8 Å². The molecule has 0 spiro atoms. The van der Waals surface area contributed by atoms with E-state index >= 15 is 0 Å². The van der Waals surface area contributed by atoms with Crippen LogP contribution in [0.5, 0.6) is 5.75 Å². The van der Waals surface area contributed by atoms with Crippen LogP contribution in [0.3, 0.4) is 0 Å². The first kappa shape index (κ1) is 26.5. The average Bonchev–Trinajstić information content (AvgIpc) is 3.54. The molecular formula is C28H25F3N6OS. The largest absolute Gasteiger partial charge is 0.573 e. The maximum atomic E-state index is 12.4. The van der Waals surface area contributed by atoms with Crippen LogP contribution >= 0.6 is 11.8 Å². The predicted octanol–water partition coefficient (Wildman–Crippen LogP) is 6.70. The van der Waals surface area contributed by atoms with Crippen molar-refractivity contribution in [2.24, 2.45) is 10.2 Å². The summed E-state index contributed by atoms with van der Waals surface area (Å²) in [4.78, 5) is 6.55. The van der Waals surface area contributed by atoms with Crippen molar-refractivity contribution in [1.29, 1.82) is 0 Å². The highest BCUT2D eigenvalue weighted by Crippen LogP contribution is 2.32. The van der Waals surface area contributed by atoms with Gasteiger partial charge in [0.05, 0.1) is 11.9 Å². The summed E-state index contributed by atoms with van der Waals surface area (Å²) in [6, 6.07) is 17.4. The third-order valence-corrected chi connectivity index (χ3v) is 6.97. The minimum absolute atomic E-state index is 0.298. The Balaban J connectivity index is 1.26. The van der Waals surface area contributed by atoms with Gasteiger partial charge in [-0.25, -0.2) is 9.67 Å². The number of halogens is 3. The van der Waals surface area contributed by atoms with E-state index in [1.807, 2.05) is 24.3 Å². The molecule has 1 aliphatic heterocycles. The summed E-state index contributed by atoms with van der Waals surface area (Å²) < 4.78 is 42.5. The van der Waals surface area contributed by atoms with Gasteiger partial charge in [-0.1, -0.05) is 53.7 Å². The predicted molar refractivity (Wildman–Crippen MR) is 149 cm³/mol. The van der Waals surface area contributed by atoms with E-state index in [0.717, 1.165) is 28.6 Å². The fourth-order valence-electron chi connectivity index (χ4n) is 4.47. The monoisotopic (exact) mass is 550 g/mol. The van der Waals surface area contributed by atoms with E-state index < -0.39 is 6.36 Å². The lowest BCUT2D eigenvalue weighted by Crippen LogP contribution is -2.25.